The molecule has 6 nitrogen and oxygen atoms in total. The van der Waals surface area contributed by atoms with Crippen LogP contribution in [0.2, 0.25) is 0 Å². The summed E-state index contributed by atoms with van der Waals surface area (Å²) in [7, 11) is 0. The highest BCUT2D eigenvalue weighted by molar-refractivity contribution is 7.18. The molecule has 0 bridgehead atoms. The Balaban J connectivity index is 1.68. The van der Waals surface area contributed by atoms with E-state index in [2.05, 4.69) is 41.6 Å². The fraction of sp³-hybridized carbons (Fsp3) is 0.333. The van der Waals surface area contributed by atoms with Gasteiger partial charge in [0.25, 0.3) is 5.91 Å². The Hall–Kier alpha value is -3.06. The summed E-state index contributed by atoms with van der Waals surface area (Å²) in [5, 5.41) is 15.0. The lowest BCUT2D eigenvalue weighted by molar-refractivity contribution is -0.118. The third kappa shape index (κ3) is 5.76. The fourth-order valence-corrected chi connectivity index (χ4v) is 3.79. The number of hydrogen-bond donors (Lipinski definition) is 2. The van der Waals surface area contributed by atoms with E-state index in [0.29, 0.717) is 10.7 Å². The summed E-state index contributed by atoms with van der Waals surface area (Å²) in [5.74, 6) is -0.693. The fourth-order valence-electron chi connectivity index (χ4n) is 3.04. The van der Waals surface area contributed by atoms with Gasteiger partial charge in [-0.25, -0.2) is 0 Å². The minimum Gasteiger partial charge on any atom is -0.340 e. The van der Waals surface area contributed by atoms with Gasteiger partial charge < -0.3 is 5.32 Å². The van der Waals surface area contributed by atoms with Crippen LogP contribution in [-0.2, 0) is 10.2 Å². The number of hydrogen-bond acceptors (Lipinski definition) is 5. The minimum atomic E-state index is -0.695. The molecule has 0 radical (unpaired) electrons. The van der Waals surface area contributed by atoms with Gasteiger partial charge >= 0.3 is 0 Å². The monoisotopic (exact) mass is 436 g/mol. The lowest BCUT2D eigenvalue weighted by atomic mass is 9.86. The predicted molar refractivity (Wildman–Crippen MR) is 125 cm³/mol. The average molecular weight is 437 g/mol. The summed E-state index contributed by atoms with van der Waals surface area (Å²) in [4.78, 5) is 25.6. The third-order valence-corrected chi connectivity index (χ3v) is 5.81. The van der Waals surface area contributed by atoms with Crippen molar-refractivity contribution in [3.05, 3.63) is 65.7 Å². The van der Waals surface area contributed by atoms with E-state index < -0.39 is 6.04 Å². The highest BCUT2D eigenvalue weighted by Gasteiger charge is 2.26. The molecule has 0 aliphatic rings. The first-order valence-corrected chi connectivity index (χ1v) is 11.1. The number of aromatic nitrogens is 2. The molecule has 0 saturated heterocycles. The summed E-state index contributed by atoms with van der Waals surface area (Å²) in [6.07, 6.45) is 0. The summed E-state index contributed by atoms with van der Waals surface area (Å²) in [6, 6.07) is 16.4. The molecule has 162 valence electrons. The first-order valence-electron chi connectivity index (χ1n) is 10.3. The van der Waals surface area contributed by atoms with E-state index in [9.17, 15) is 9.59 Å². The van der Waals surface area contributed by atoms with Gasteiger partial charge in [0.05, 0.1) is 0 Å². The quantitative estimate of drug-likeness (QED) is 0.576. The molecular weight excluding hydrogens is 408 g/mol. The molecule has 1 aromatic heterocycles. The van der Waals surface area contributed by atoms with E-state index in [1.165, 1.54) is 11.3 Å². The van der Waals surface area contributed by atoms with Crippen molar-refractivity contribution < 1.29 is 9.59 Å². The van der Waals surface area contributed by atoms with Gasteiger partial charge in [0.2, 0.25) is 11.0 Å². The van der Waals surface area contributed by atoms with Crippen molar-refractivity contribution in [2.45, 2.75) is 46.1 Å². The topological polar surface area (TPSA) is 84.0 Å². The van der Waals surface area contributed by atoms with Gasteiger partial charge in [0.15, 0.2) is 0 Å². The Morgan fingerprint density at radius 3 is 2.16 bits per heavy atom. The van der Waals surface area contributed by atoms with E-state index in [4.69, 9.17) is 0 Å². The lowest BCUT2D eigenvalue weighted by Crippen LogP contribution is -2.47. The number of carbonyl (C=O) groups is 2. The van der Waals surface area contributed by atoms with Crippen LogP contribution in [0.15, 0.2) is 54.6 Å². The Labute approximate surface area is 187 Å². The number of amides is 2. The van der Waals surface area contributed by atoms with E-state index in [1.54, 1.807) is 12.1 Å². The van der Waals surface area contributed by atoms with Crippen LogP contribution >= 0.6 is 11.3 Å². The van der Waals surface area contributed by atoms with E-state index in [-0.39, 0.29) is 23.1 Å². The van der Waals surface area contributed by atoms with Gasteiger partial charge in [-0.15, -0.1) is 10.2 Å². The second kappa shape index (κ2) is 9.39. The maximum atomic E-state index is 12.9. The normalized spacial score (nSPS) is 12.5. The smallest absolute Gasteiger partial charge is 0.251 e. The molecule has 2 amide bonds. The maximum Gasteiger partial charge on any atom is 0.251 e. The molecule has 31 heavy (non-hydrogen) atoms. The van der Waals surface area contributed by atoms with Crippen LogP contribution in [0.5, 0.6) is 0 Å². The van der Waals surface area contributed by atoms with Crippen LogP contribution in [0, 0.1) is 5.92 Å². The zero-order chi connectivity index (χ0) is 22.6. The number of carbonyl (C=O) groups excluding carboxylic acids is 2. The molecule has 0 aliphatic carbocycles. The van der Waals surface area contributed by atoms with Crippen molar-refractivity contribution in [3.63, 3.8) is 0 Å². The zero-order valence-electron chi connectivity index (χ0n) is 18.5. The third-order valence-electron chi connectivity index (χ3n) is 4.92. The number of nitrogens with one attached hydrogen (secondary N) is 2. The van der Waals surface area contributed by atoms with Crippen molar-refractivity contribution in [1.29, 1.82) is 0 Å². The second-order valence-electron chi connectivity index (χ2n) is 8.79. The van der Waals surface area contributed by atoms with E-state index in [0.717, 1.165) is 16.1 Å². The summed E-state index contributed by atoms with van der Waals surface area (Å²) in [5.41, 5.74) is 2.62. The molecular formula is C24H28N4O2S. The van der Waals surface area contributed by atoms with Crippen molar-refractivity contribution in [1.82, 2.24) is 15.5 Å². The zero-order valence-corrected chi connectivity index (χ0v) is 19.3. The van der Waals surface area contributed by atoms with Gasteiger partial charge in [-0.1, -0.05) is 88.4 Å². The Morgan fingerprint density at radius 1 is 0.935 bits per heavy atom. The molecule has 3 rings (SSSR count). The van der Waals surface area contributed by atoms with Gasteiger partial charge in [0.1, 0.15) is 11.0 Å². The molecule has 0 unspecified atom stereocenters. The van der Waals surface area contributed by atoms with E-state index in [1.807, 2.05) is 56.3 Å². The van der Waals surface area contributed by atoms with Crippen molar-refractivity contribution in [3.8, 4) is 10.6 Å². The number of rotatable bonds is 6. The highest BCUT2D eigenvalue weighted by Crippen LogP contribution is 2.26. The van der Waals surface area contributed by atoms with Gasteiger partial charge in [0, 0.05) is 11.1 Å². The first kappa shape index (κ1) is 22.6. The van der Waals surface area contributed by atoms with E-state index >= 15 is 0 Å². The molecule has 1 heterocycles. The Kier molecular flexibility index (Phi) is 6.85. The molecule has 3 aromatic rings. The van der Waals surface area contributed by atoms with Crippen LogP contribution < -0.4 is 10.6 Å². The summed E-state index contributed by atoms with van der Waals surface area (Å²) < 4.78 is 0. The van der Waals surface area contributed by atoms with Gasteiger partial charge in [-0.3, -0.25) is 14.9 Å². The standard InChI is InChI=1S/C24H28N4O2S/c1-15(2)19(25-20(29)16-11-13-18(14-12-16)24(3,4)5)21(30)26-23-28-27-22(31-23)17-9-7-6-8-10-17/h6-15,19H,1-5H3,(H,25,29)(H,26,28,30)/t19-/m1/s1. The van der Waals surface area contributed by atoms with Crippen molar-refractivity contribution in [2.75, 3.05) is 5.32 Å². The second-order valence-corrected chi connectivity index (χ2v) is 9.77. The number of benzene rings is 2. The Bertz CT molecular complexity index is 1040. The van der Waals surface area contributed by atoms with Crippen LogP contribution in [0.4, 0.5) is 5.13 Å². The highest BCUT2D eigenvalue weighted by atomic mass is 32.1. The minimum absolute atomic E-state index is 0.00963. The summed E-state index contributed by atoms with van der Waals surface area (Å²) in [6.45, 7) is 10.2. The molecule has 0 saturated carbocycles. The summed E-state index contributed by atoms with van der Waals surface area (Å²) >= 11 is 1.30. The molecule has 1 atom stereocenters. The largest absolute Gasteiger partial charge is 0.340 e. The maximum absolute atomic E-state index is 12.9. The number of anilines is 1. The molecule has 2 N–H and O–H groups in total. The number of nitrogens with zero attached hydrogens (tertiary/aromatic N) is 2. The molecule has 2 aromatic carbocycles. The van der Waals surface area contributed by atoms with Gasteiger partial charge in [-0.2, -0.15) is 0 Å². The molecule has 0 fully saturated rings. The lowest BCUT2D eigenvalue weighted by Gasteiger charge is -2.22. The van der Waals surface area contributed by atoms with Crippen molar-refractivity contribution >= 4 is 28.3 Å². The van der Waals surface area contributed by atoms with Crippen LogP contribution in [-0.4, -0.2) is 28.1 Å². The van der Waals surface area contributed by atoms with Gasteiger partial charge in [-0.05, 0) is 29.0 Å². The van der Waals surface area contributed by atoms with Crippen LogP contribution in [0.1, 0.15) is 50.5 Å². The van der Waals surface area contributed by atoms with Crippen LogP contribution in [0.3, 0.4) is 0 Å². The SMILES string of the molecule is CC(C)[C@@H](NC(=O)c1ccc(C(C)(C)C)cc1)C(=O)Nc1nnc(-c2ccccc2)s1. The molecule has 7 heteroatoms. The molecule has 0 aliphatic heterocycles. The first-order chi connectivity index (χ1) is 14.6. The molecule has 0 spiro atoms. The average Bonchev–Trinajstić information content (AvgIpc) is 3.20. The van der Waals surface area contributed by atoms with Crippen molar-refractivity contribution in [2.24, 2.45) is 5.92 Å². The van der Waals surface area contributed by atoms with Crippen LogP contribution in [0.25, 0.3) is 10.6 Å². The Morgan fingerprint density at radius 2 is 1.58 bits per heavy atom. The predicted octanol–water partition coefficient (Wildman–Crippen LogP) is 4.90.